The van der Waals surface area contributed by atoms with Gasteiger partial charge in [0.25, 0.3) is 0 Å². The lowest BCUT2D eigenvalue weighted by atomic mass is 10.2. The Labute approximate surface area is 145 Å². The number of aromatic nitrogens is 2. The van der Waals surface area contributed by atoms with Crippen LogP contribution in [0.2, 0.25) is 0 Å². The van der Waals surface area contributed by atoms with Gasteiger partial charge < -0.3 is 9.15 Å². The van der Waals surface area contributed by atoms with Gasteiger partial charge in [-0.15, -0.1) is 0 Å². The van der Waals surface area contributed by atoms with E-state index in [1.165, 1.54) is 0 Å². The Morgan fingerprint density at radius 2 is 2.04 bits per heavy atom. The van der Waals surface area contributed by atoms with E-state index in [4.69, 9.17) is 14.4 Å². The fraction of sp³-hybridized carbons (Fsp3) is 0.211. The number of hydrogen-bond acceptors (Lipinski definition) is 5. The Morgan fingerprint density at radius 3 is 2.68 bits per heavy atom. The van der Waals surface area contributed by atoms with Gasteiger partial charge in [0.15, 0.2) is 11.5 Å². The van der Waals surface area contributed by atoms with E-state index in [-0.39, 0.29) is 5.69 Å². The Balaban J connectivity index is 2.10. The van der Waals surface area contributed by atoms with Crippen LogP contribution in [0.5, 0.6) is 0 Å². The maximum atomic E-state index is 12.4. The van der Waals surface area contributed by atoms with Crippen molar-refractivity contribution < 1.29 is 13.9 Å². The number of carbonyl (C=O) groups is 1. The third-order valence-corrected chi connectivity index (χ3v) is 3.31. The number of benzene rings is 1. The fourth-order valence-electron chi connectivity index (χ4n) is 2.32. The number of nitrogens with zero attached hydrogens (tertiary/aromatic N) is 3. The average molecular weight is 335 g/mol. The highest BCUT2D eigenvalue weighted by Gasteiger charge is 2.23. The molecule has 0 aliphatic rings. The van der Waals surface area contributed by atoms with Crippen LogP contribution in [-0.2, 0) is 4.74 Å². The van der Waals surface area contributed by atoms with Crippen molar-refractivity contribution in [2.45, 2.75) is 26.4 Å². The lowest BCUT2D eigenvalue weighted by Gasteiger charge is -2.18. The summed E-state index contributed by atoms with van der Waals surface area (Å²) in [7, 11) is 0. The van der Waals surface area contributed by atoms with Gasteiger partial charge in [-0.3, -0.25) is 0 Å². The fourth-order valence-corrected chi connectivity index (χ4v) is 2.32. The van der Waals surface area contributed by atoms with Gasteiger partial charge >= 0.3 is 5.97 Å². The predicted octanol–water partition coefficient (Wildman–Crippen LogP) is 3.96. The summed E-state index contributed by atoms with van der Waals surface area (Å²) >= 11 is 0. The average Bonchev–Trinajstić information content (AvgIpc) is 3.22. The van der Waals surface area contributed by atoms with Crippen molar-refractivity contribution >= 4 is 5.97 Å². The predicted molar refractivity (Wildman–Crippen MR) is 91.1 cm³/mol. The number of carbonyl (C=O) groups excluding carboxylic acids is 1. The summed E-state index contributed by atoms with van der Waals surface area (Å²) in [4.78, 5) is 12.4. The zero-order chi connectivity index (χ0) is 18.0. The molecule has 0 fully saturated rings. The van der Waals surface area contributed by atoms with Crippen molar-refractivity contribution in [3.63, 3.8) is 0 Å². The molecular formula is C19H17N3O3. The summed E-state index contributed by atoms with van der Waals surface area (Å²) < 4.78 is 12.4. The van der Waals surface area contributed by atoms with Crippen LogP contribution in [0.1, 0.15) is 36.8 Å². The van der Waals surface area contributed by atoms with Gasteiger partial charge in [-0.1, -0.05) is 6.07 Å². The lowest BCUT2D eigenvalue weighted by Crippen LogP contribution is -2.24. The largest absolute Gasteiger partial charge is 0.463 e. The van der Waals surface area contributed by atoms with Gasteiger partial charge in [0.1, 0.15) is 11.3 Å². The zero-order valence-electron chi connectivity index (χ0n) is 14.2. The summed E-state index contributed by atoms with van der Waals surface area (Å²) in [5, 5.41) is 13.5. The first-order valence-corrected chi connectivity index (χ1v) is 7.75. The Morgan fingerprint density at radius 1 is 1.24 bits per heavy atom. The van der Waals surface area contributed by atoms with Gasteiger partial charge in [0.2, 0.25) is 0 Å². The summed E-state index contributed by atoms with van der Waals surface area (Å²) in [6, 6.07) is 14.2. The summed E-state index contributed by atoms with van der Waals surface area (Å²) in [5.74, 6) is 0.0418. The summed E-state index contributed by atoms with van der Waals surface area (Å²) in [6.07, 6.45) is 1.55. The third-order valence-electron chi connectivity index (χ3n) is 3.31. The molecule has 2 heterocycles. The van der Waals surface area contributed by atoms with Crippen molar-refractivity contribution in [3.8, 4) is 23.2 Å². The standard InChI is InChI=1S/C19H17N3O3/c1-19(2,3)25-18(23)15-11-16(17-8-5-9-24-17)22(21-15)14-7-4-6-13(10-14)12-20/h4-11H,1-3H3. The first kappa shape index (κ1) is 16.5. The molecule has 3 rings (SSSR count). The number of ether oxygens (including phenoxy) is 1. The second-order valence-corrected chi connectivity index (χ2v) is 6.47. The van der Waals surface area contributed by atoms with Crippen LogP contribution < -0.4 is 0 Å². The van der Waals surface area contributed by atoms with Crippen LogP contribution in [0.25, 0.3) is 17.1 Å². The number of rotatable bonds is 3. The molecule has 0 aliphatic carbocycles. The zero-order valence-corrected chi connectivity index (χ0v) is 14.2. The highest BCUT2D eigenvalue weighted by molar-refractivity contribution is 5.89. The van der Waals surface area contributed by atoms with E-state index >= 15 is 0 Å². The van der Waals surface area contributed by atoms with Crippen molar-refractivity contribution in [2.24, 2.45) is 0 Å². The normalized spacial score (nSPS) is 11.1. The second kappa shape index (κ2) is 6.29. The molecule has 0 bridgehead atoms. The molecule has 0 atom stereocenters. The van der Waals surface area contributed by atoms with Gasteiger partial charge in [0.05, 0.1) is 23.6 Å². The number of furan rings is 1. The van der Waals surface area contributed by atoms with E-state index in [0.29, 0.717) is 22.7 Å². The van der Waals surface area contributed by atoms with Crippen LogP contribution >= 0.6 is 0 Å². The van der Waals surface area contributed by atoms with Crippen LogP contribution in [0.3, 0.4) is 0 Å². The summed E-state index contributed by atoms with van der Waals surface area (Å²) in [5.41, 5.74) is 1.30. The molecule has 1 aromatic carbocycles. The van der Waals surface area contributed by atoms with Crippen LogP contribution in [0.4, 0.5) is 0 Å². The monoisotopic (exact) mass is 335 g/mol. The molecule has 25 heavy (non-hydrogen) atoms. The van der Waals surface area contributed by atoms with Crippen LogP contribution in [-0.4, -0.2) is 21.4 Å². The van der Waals surface area contributed by atoms with E-state index in [2.05, 4.69) is 11.2 Å². The van der Waals surface area contributed by atoms with Gasteiger partial charge in [-0.25, -0.2) is 9.48 Å². The van der Waals surface area contributed by atoms with Crippen molar-refractivity contribution in [2.75, 3.05) is 0 Å². The minimum Gasteiger partial charge on any atom is -0.463 e. The molecule has 6 nitrogen and oxygen atoms in total. The van der Waals surface area contributed by atoms with Crippen molar-refractivity contribution in [1.82, 2.24) is 9.78 Å². The van der Waals surface area contributed by atoms with E-state index in [0.717, 1.165) is 0 Å². The van der Waals surface area contributed by atoms with E-state index in [1.54, 1.807) is 74.2 Å². The minimum atomic E-state index is -0.619. The van der Waals surface area contributed by atoms with Crippen molar-refractivity contribution in [1.29, 1.82) is 5.26 Å². The first-order valence-electron chi connectivity index (χ1n) is 7.75. The van der Waals surface area contributed by atoms with Crippen molar-refractivity contribution in [3.05, 3.63) is 60.0 Å². The molecule has 3 aromatic rings. The smallest absolute Gasteiger partial charge is 0.359 e. The maximum Gasteiger partial charge on any atom is 0.359 e. The quantitative estimate of drug-likeness (QED) is 0.677. The highest BCUT2D eigenvalue weighted by Crippen LogP contribution is 2.26. The molecule has 6 heteroatoms. The van der Waals surface area contributed by atoms with E-state index in [9.17, 15) is 4.79 Å². The molecular weight excluding hydrogens is 318 g/mol. The Bertz CT molecular complexity index is 941. The molecule has 126 valence electrons. The second-order valence-electron chi connectivity index (χ2n) is 6.47. The molecule has 0 N–H and O–H groups in total. The Hall–Kier alpha value is -3.33. The van der Waals surface area contributed by atoms with Crippen LogP contribution in [0, 0.1) is 11.3 Å². The first-order chi connectivity index (χ1) is 11.9. The molecule has 0 saturated carbocycles. The topological polar surface area (TPSA) is 81.0 Å². The van der Waals surface area contributed by atoms with E-state index in [1.807, 2.05) is 0 Å². The number of nitriles is 1. The molecule has 0 saturated heterocycles. The minimum absolute atomic E-state index is 0.170. The van der Waals surface area contributed by atoms with Crippen LogP contribution in [0.15, 0.2) is 53.1 Å². The highest BCUT2D eigenvalue weighted by atomic mass is 16.6. The molecule has 0 spiro atoms. The molecule has 0 amide bonds. The number of esters is 1. The SMILES string of the molecule is CC(C)(C)OC(=O)c1cc(-c2ccco2)n(-c2cccc(C#N)c2)n1. The van der Waals surface area contributed by atoms with Gasteiger partial charge in [-0.05, 0) is 51.1 Å². The van der Waals surface area contributed by atoms with E-state index < -0.39 is 11.6 Å². The Kier molecular flexibility index (Phi) is 4.15. The molecule has 0 unspecified atom stereocenters. The maximum absolute atomic E-state index is 12.4. The third kappa shape index (κ3) is 3.61. The molecule has 2 aromatic heterocycles. The van der Waals surface area contributed by atoms with Gasteiger partial charge in [-0.2, -0.15) is 10.4 Å². The van der Waals surface area contributed by atoms with Gasteiger partial charge in [0, 0.05) is 6.07 Å². The summed E-state index contributed by atoms with van der Waals surface area (Å²) in [6.45, 7) is 5.39. The molecule has 0 radical (unpaired) electrons. The number of hydrogen-bond donors (Lipinski definition) is 0. The lowest BCUT2D eigenvalue weighted by molar-refractivity contribution is 0.00624. The molecule has 0 aliphatic heterocycles.